The van der Waals surface area contributed by atoms with E-state index in [0.29, 0.717) is 0 Å². The molecule has 0 heterocycles. The second kappa shape index (κ2) is 3.37. The highest BCUT2D eigenvalue weighted by Crippen LogP contribution is 2.05. The second-order valence-electron chi connectivity index (χ2n) is 1.96. The van der Waals surface area contributed by atoms with Gasteiger partial charge < -0.3 is 0 Å². The highest BCUT2D eigenvalue weighted by molar-refractivity contribution is 8.13. The summed E-state index contributed by atoms with van der Waals surface area (Å²) in [6.45, 7) is 0.839. The fourth-order valence-corrected chi connectivity index (χ4v) is 1.80. The summed E-state index contributed by atoms with van der Waals surface area (Å²) >= 11 is 0. The number of hydrogen-bond donors (Lipinski definition) is 0. The zero-order chi connectivity index (χ0) is 7.49. The van der Waals surface area contributed by atoms with Crippen LogP contribution in [0.25, 0.3) is 0 Å². The predicted octanol–water partition coefficient (Wildman–Crippen LogP) is 1.16. The second-order valence-corrected chi connectivity index (χ2v) is 4.79. The first kappa shape index (κ1) is 9.17. The SMILES string of the molecule is CC(CF)CS(=O)(=O)Cl. The van der Waals surface area contributed by atoms with E-state index in [-0.39, 0.29) is 5.75 Å². The first-order valence-corrected chi connectivity index (χ1v) is 4.92. The third-order valence-electron chi connectivity index (χ3n) is 0.747. The van der Waals surface area contributed by atoms with Gasteiger partial charge in [0.15, 0.2) is 0 Å². The summed E-state index contributed by atoms with van der Waals surface area (Å²) in [5, 5.41) is 0. The molecule has 0 aliphatic heterocycles. The van der Waals surface area contributed by atoms with Crippen molar-refractivity contribution in [1.82, 2.24) is 0 Å². The highest BCUT2D eigenvalue weighted by atomic mass is 35.7. The molecule has 9 heavy (non-hydrogen) atoms. The molecule has 1 atom stereocenters. The van der Waals surface area contributed by atoms with Crippen LogP contribution in [0.4, 0.5) is 4.39 Å². The molecule has 5 heteroatoms. The molecule has 0 amide bonds. The van der Waals surface area contributed by atoms with Crippen LogP contribution in [0.5, 0.6) is 0 Å². The van der Waals surface area contributed by atoms with Crippen LogP contribution >= 0.6 is 10.7 Å². The third-order valence-corrected chi connectivity index (χ3v) is 2.09. The van der Waals surface area contributed by atoms with E-state index < -0.39 is 21.6 Å². The minimum Gasteiger partial charge on any atom is -0.251 e. The Morgan fingerprint density at radius 3 is 2.22 bits per heavy atom. The van der Waals surface area contributed by atoms with Crippen LogP contribution < -0.4 is 0 Å². The van der Waals surface area contributed by atoms with E-state index in [0.717, 1.165) is 0 Å². The normalized spacial score (nSPS) is 15.4. The van der Waals surface area contributed by atoms with E-state index in [1.807, 2.05) is 0 Å². The molecule has 0 aliphatic rings. The van der Waals surface area contributed by atoms with Crippen molar-refractivity contribution in [2.24, 2.45) is 5.92 Å². The fraction of sp³-hybridized carbons (Fsp3) is 1.00. The van der Waals surface area contributed by atoms with E-state index in [1.54, 1.807) is 0 Å². The van der Waals surface area contributed by atoms with Crippen molar-refractivity contribution in [3.05, 3.63) is 0 Å². The molecule has 0 aromatic heterocycles. The Bertz CT molecular complexity index is 165. The lowest BCUT2D eigenvalue weighted by Crippen LogP contribution is -2.09. The molecule has 0 aliphatic carbocycles. The lowest BCUT2D eigenvalue weighted by molar-refractivity contribution is 0.405. The van der Waals surface area contributed by atoms with Crippen molar-refractivity contribution in [3.63, 3.8) is 0 Å². The molecule has 0 fully saturated rings. The summed E-state index contributed by atoms with van der Waals surface area (Å²) < 4.78 is 32.0. The van der Waals surface area contributed by atoms with Gasteiger partial charge in [0.05, 0.1) is 12.4 Å². The van der Waals surface area contributed by atoms with Gasteiger partial charge in [-0.05, 0) is 5.92 Å². The zero-order valence-corrected chi connectivity index (χ0v) is 6.54. The van der Waals surface area contributed by atoms with Crippen molar-refractivity contribution >= 4 is 19.7 Å². The molecule has 0 spiro atoms. The molecular weight excluding hydrogens is 167 g/mol. The van der Waals surface area contributed by atoms with Crippen molar-refractivity contribution in [2.75, 3.05) is 12.4 Å². The van der Waals surface area contributed by atoms with Crippen LogP contribution in [0.2, 0.25) is 0 Å². The van der Waals surface area contributed by atoms with Crippen LogP contribution in [0.1, 0.15) is 6.92 Å². The Kier molecular flexibility index (Phi) is 3.43. The minimum absolute atomic E-state index is 0.287. The Morgan fingerprint density at radius 1 is 1.67 bits per heavy atom. The Hall–Kier alpha value is 0.170. The van der Waals surface area contributed by atoms with Crippen LogP contribution in [0.3, 0.4) is 0 Å². The quantitative estimate of drug-likeness (QED) is 0.602. The van der Waals surface area contributed by atoms with Gasteiger partial charge in [0, 0.05) is 10.7 Å². The van der Waals surface area contributed by atoms with Gasteiger partial charge in [-0.1, -0.05) is 6.92 Å². The maximum absolute atomic E-state index is 11.6. The largest absolute Gasteiger partial charge is 0.251 e. The van der Waals surface area contributed by atoms with Gasteiger partial charge in [-0.2, -0.15) is 0 Å². The molecule has 0 saturated heterocycles. The van der Waals surface area contributed by atoms with Crippen LogP contribution in [-0.2, 0) is 9.05 Å². The molecule has 0 rings (SSSR count). The number of halogens is 2. The van der Waals surface area contributed by atoms with Gasteiger partial charge in [0.2, 0.25) is 9.05 Å². The Balaban J connectivity index is 3.75. The van der Waals surface area contributed by atoms with E-state index >= 15 is 0 Å². The van der Waals surface area contributed by atoms with Crippen molar-refractivity contribution in [3.8, 4) is 0 Å². The summed E-state index contributed by atoms with van der Waals surface area (Å²) in [6, 6.07) is 0. The van der Waals surface area contributed by atoms with Gasteiger partial charge in [-0.25, -0.2) is 8.42 Å². The van der Waals surface area contributed by atoms with Gasteiger partial charge in [-0.3, -0.25) is 4.39 Å². The third kappa shape index (κ3) is 6.05. The topological polar surface area (TPSA) is 34.1 Å². The van der Waals surface area contributed by atoms with Gasteiger partial charge in [-0.15, -0.1) is 0 Å². The molecule has 0 bridgehead atoms. The van der Waals surface area contributed by atoms with E-state index in [9.17, 15) is 12.8 Å². The number of rotatable bonds is 3. The maximum Gasteiger partial charge on any atom is 0.232 e. The molecule has 1 unspecified atom stereocenters. The smallest absolute Gasteiger partial charge is 0.232 e. The van der Waals surface area contributed by atoms with E-state index in [1.165, 1.54) is 6.92 Å². The summed E-state index contributed by atoms with van der Waals surface area (Å²) in [7, 11) is 1.31. The lowest BCUT2D eigenvalue weighted by atomic mass is 10.3. The number of alkyl halides is 1. The average molecular weight is 175 g/mol. The monoisotopic (exact) mass is 174 g/mol. The molecule has 2 nitrogen and oxygen atoms in total. The minimum atomic E-state index is -3.50. The van der Waals surface area contributed by atoms with Crippen molar-refractivity contribution < 1.29 is 12.8 Å². The summed E-state index contributed by atoms with van der Waals surface area (Å²) in [5.41, 5.74) is 0. The zero-order valence-electron chi connectivity index (χ0n) is 4.97. The highest BCUT2D eigenvalue weighted by Gasteiger charge is 2.11. The molecule has 0 aromatic carbocycles. The van der Waals surface area contributed by atoms with E-state index in [2.05, 4.69) is 0 Å². The lowest BCUT2D eigenvalue weighted by Gasteiger charge is -2.00. The standard InChI is InChI=1S/C4H8ClFO2S/c1-4(2-6)3-9(5,7)8/h4H,2-3H2,1H3. The van der Waals surface area contributed by atoms with Gasteiger partial charge in [0.25, 0.3) is 0 Å². The van der Waals surface area contributed by atoms with Crippen molar-refractivity contribution in [2.45, 2.75) is 6.92 Å². The van der Waals surface area contributed by atoms with Crippen LogP contribution in [0.15, 0.2) is 0 Å². The van der Waals surface area contributed by atoms with Gasteiger partial charge in [0.1, 0.15) is 0 Å². The summed E-state index contributed by atoms with van der Waals surface area (Å²) in [4.78, 5) is 0. The molecule has 0 aromatic rings. The van der Waals surface area contributed by atoms with E-state index in [4.69, 9.17) is 10.7 Å². The van der Waals surface area contributed by atoms with Gasteiger partial charge >= 0.3 is 0 Å². The molecule has 56 valence electrons. The first-order valence-electron chi connectivity index (χ1n) is 2.44. The van der Waals surface area contributed by atoms with Crippen LogP contribution in [0, 0.1) is 5.92 Å². The maximum atomic E-state index is 11.6. The average Bonchev–Trinajstić information content (AvgIpc) is 1.62. The van der Waals surface area contributed by atoms with Crippen molar-refractivity contribution in [1.29, 1.82) is 0 Å². The summed E-state index contributed by atoms with van der Waals surface area (Å²) in [6.07, 6.45) is 0. The molecule has 0 N–H and O–H groups in total. The molecule has 0 saturated carbocycles. The Morgan fingerprint density at radius 2 is 2.11 bits per heavy atom. The summed E-state index contributed by atoms with van der Waals surface area (Å²) in [5.74, 6) is -0.780. The Labute approximate surface area is 58.4 Å². The molecule has 0 radical (unpaired) electrons. The fourth-order valence-electron chi connectivity index (χ4n) is 0.384. The first-order chi connectivity index (χ1) is 3.95. The number of hydrogen-bond acceptors (Lipinski definition) is 2. The predicted molar refractivity (Wildman–Crippen MR) is 34.8 cm³/mol. The van der Waals surface area contributed by atoms with Crippen LogP contribution in [-0.4, -0.2) is 20.8 Å². The molecular formula is C4H8ClFO2S.